The minimum absolute atomic E-state index is 0.293. The van der Waals surface area contributed by atoms with Gasteiger partial charge in [-0.1, -0.05) is 30.3 Å². The van der Waals surface area contributed by atoms with Crippen LogP contribution in [0.4, 0.5) is 0 Å². The van der Waals surface area contributed by atoms with Crippen molar-refractivity contribution in [1.82, 2.24) is 5.32 Å². The van der Waals surface area contributed by atoms with Crippen LogP contribution in [-0.2, 0) is 0 Å². The van der Waals surface area contributed by atoms with E-state index in [4.69, 9.17) is 0 Å². The fourth-order valence-corrected chi connectivity index (χ4v) is 2.08. The summed E-state index contributed by atoms with van der Waals surface area (Å²) in [4.78, 5) is 0. The van der Waals surface area contributed by atoms with Crippen LogP contribution in [0.5, 0.6) is 0 Å². The number of aliphatic hydroxyl groups is 1. The molecule has 1 aromatic carbocycles. The van der Waals surface area contributed by atoms with Gasteiger partial charge in [0.05, 0.1) is 6.10 Å². The van der Waals surface area contributed by atoms with E-state index in [1.54, 1.807) is 6.92 Å². The van der Waals surface area contributed by atoms with Gasteiger partial charge in [-0.25, -0.2) is 0 Å². The van der Waals surface area contributed by atoms with E-state index in [2.05, 4.69) is 23.7 Å². The van der Waals surface area contributed by atoms with Gasteiger partial charge in [-0.15, -0.1) is 0 Å². The van der Waals surface area contributed by atoms with Crippen molar-refractivity contribution in [1.29, 1.82) is 0 Å². The van der Waals surface area contributed by atoms with E-state index < -0.39 is 0 Å². The third-order valence-electron chi connectivity index (χ3n) is 2.19. The molecular weight excluding hydrogens is 206 g/mol. The third kappa shape index (κ3) is 4.69. The van der Waals surface area contributed by atoms with E-state index in [0.717, 1.165) is 5.75 Å². The first-order valence-electron chi connectivity index (χ1n) is 5.19. The fourth-order valence-electron chi connectivity index (χ4n) is 1.44. The van der Waals surface area contributed by atoms with Crippen LogP contribution in [0, 0.1) is 0 Å². The first kappa shape index (κ1) is 12.6. The molecule has 1 rings (SSSR count). The van der Waals surface area contributed by atoms with Gasteiger partial charge in [0.2, 0.25) is 0 Å². The van der Waals surface area contributed by atoms with Gasteiger partial charge < -0.3 is 10.4 Å². The van der Waals surface area contributed by atoms with E-state index >= 15 is 0 Å². The summed E-state index contributed by atoms with van der Waals surface area (Å²) < 4.78 is 0. The number of hydrogen-bond acceptors (Lipinski definition) is 3. The molecule has 84 valence electrons. The minimum Gasteiger partial charge on any atom is -0.392 e. The van der Waals surface area contributed by atoms with Gasteiger partial charge in [0, 0.05) is 18.3 Å². The summed E-state index contributed by atoms with van der Waals surface area (Å²) in [5, 5.41) is 12.6. The topological polar surface area (TPSA) is 32.3 Å². The molecular formula is C12H19NOS. The smallest absolute Gasteiger partial charge is 0.0636 e. The molecule has 2 nitrogen and oxygen atoms in total. The van der Waals surface area contributed by atoms with E-state index in [-0.39, 0.29) is 6.10 Å². The molecule has 0 bridgehead atoms. The Hall–Kier alpha value is -0.510. The lowest BCUT2D eigenvalue weighted by atomic mass is 10.1. The highest BCUT2D eigenvalue weighted by Gasteiger charge is 2.10. The van der Waals surface area contributed by atoms with Crippen molar-refractivity contribution in [3.63, 3.8) is 0 Å². The zero-order valence-electron chi connectivity index (χ0n) is 9.31. The summed E-state index contributed by atoms with van der Waals surface area (Å²) in [5.74, 6) is 1.02. The van der Waals surface area contributed by atoms with Crippen molar-refractivity contribution in [3.8, 4) is 0 Å². The molecule has 0 heterocycles. The summed E-state index contributed by atoms with van der Waals surface area (Å²) >= 11 is 1.81. The summed E-state index contributed by atoms with van der Waals surface area (Å²) in [6.45, 7) is 2.44. The summed E-state index contributed by atoms with van der Waals surface area (Å²) in [6.07, 6.45) is 1.80. The predicted octanol–water partition coefficient (Wildman–Crippen LogP) is 2.06. The van der Waals surface area contributed by atoms with Gasteiger partial charge in [-0.05, 0) is 18.7 Å². The predicted molar refractivity (Wildman–Crippen MR) is 67.2 cm³/mol. The van der Waals surface area contributed by atoms with Gasteiger partial charge in [-0.2, -0.15) is 11.8 Å². The van der Waals surface area contributed by atoms with E-state index in [1.165, 1.54) is 5.56 Å². The number of aliphatic hydroxyl groups excluding tert-OH is 1. The quantitative estimate of drug-likeness (QED) is 0.777. The van der Waals surface area contributed by atoms with Crippen molar-refractivity contribution in [3.05, 3.63) is 35.9 Å². The second-order valence-electron chi connectivity index (χ2n) is 3.68. The van der Waals surface area contributed by atoms with Crippen LogP contribution < -0.4 is 5.32 Å². The Labute approximate surface area is 96.1 Å². The van der Waals surface area contributed by atoms with Crippen LogP contribution >= 0.6 is 11.8 Å². The molecule has 0 aliphatic heterocycles. The molecule has 1 aromatic rings. The fraction of sp³-hybridized carbons (Fsp3) is 0.500. The molecule has 2 N–H and O–H groups in total. The molecule has 0 aliphatic carbocycles. The first-order valence-corrected chi connectivity index (χ1v) is 6.58. The average molecular weight is 225 g/mol. The molecule has 0 amide bonds. The average Bonchev–Trinajstić information content (AvgIpc) is 2.25. The molecule has 1 unspecified atom stereocenters. The number of hydrogen-bond donors (Lipinski definition) is 2. The second-order valence-corrected chi connectivity index (χ2v) is 4.59. The standard InChI is InChI=1S/C12H19NOS/c1-10(14)8-13-12(9-15-2)11-6-4-3-5-7-11/h3-7,10,12-14H,8-9H2,1-2H3/t10-,12?/m0/s1. The summed E-state index contributed by atoms with van der Waals surface area (Å²) in [5.41, 5.74) is 1.28. The highest BCUT2D eigenvalue weighted by molar-refractivity contribution is 7.98. The van der Waals surface area contributed by atoms with Crippen molar-refractivity contribution in [2.45, 2.75) is 19.1 Å². The van der Waals surface area contributed by atoms with Crippen molar-refractivity contribution in [2.24, 2.45) is 0 Å². The van der Waals surface area contributed by atoms with Gasteiger partial charge in [0.25, 0.3) is 0 Å². The Morgan fingerprint density at radius 2 is 2.00 bits per heavy atom. The third-order valence-corrected chi connectivity index (χ3v) is 2.86. The van der Waals surface area contributed by atoms with Crippen molar-refractivity contribution >= 4 is 11.8 Å². The first-order chi connectivity index (χ1) is 7.24. The molecule has 0 fully saturated rings. The molecule has 0 aliphatic rings. The maximum atomic E-state index is 9.25. The highest BCUT2D eigenvalue weighted by atomic mass is 32.2. The minimum atomic E-state index is -0.293. The molecule has 0 spiro atoms. The number of benzene rings is 1. The number of thioether (sulfide) groups is 1. The lowest BCUT2D eigenvalue weighted by Gasteiger charge is -2.19. The highest BCUT2D eigenvalue weighted by Crippen LogP contribution is 2.16. The maximum absolute atomic E-state index is 9.25. The molecule has 0 saturated heterocycles. The van der Waals surface area contributed by atoms with Gasteiger partial charge in [0.1, 0.15) is 0 Å². The monoisotopic (exact) mass is 225 g/mol. The van der Waals surface area contributed by atoms with Crippen molar-refractivity contribution < 1.29 is 5.11 Å². The second kappa shape index (κ2) is 6.88. The van der Waals surface area contributed by atoms with Crippen LogP contribution in [0.1, 0.15) is 18.5 Å². The van der Waals surface area contributed by atoms with Crippen LogP contribution in [0.2, 0.25) is 0 Å². The number of rotatable bonds is 6. The zero-order chi connectivity index (χ0) is 11.1. The van der Waals surface area contributed by atoms with Crippen LogP contribution in [0.15, 0.2) is 30.3 Å². The Morgan fingerprint density at radius 1 is 1.33 bits per heavy atom. The van der Waals surface area contributed by atoms with Crippen LogP contribution in [-0.4, -0.2) is 29.8 Å². The zero-order valence-corrected chi connectivity index (χ0v) is 10.1. The molecule has 0 saturated carbocycles. The van der Waals surface area contributed by atoms with E-state index in [0.29, 0.717) is 12.6 Å². The Kier molecular flexibility index (Phi) is 5.76. The molecule has 15 heavy (non-hydrogen) atoms. The van der Waals surface area contributed by atoms with Gasteiger partial charge in [-0.3, -0.25) is 0 Å². The van der Waals surface area contributed by atoms with E-state index in [9.17, 15) is 5.11 Å². The summed E-state index contributed by atoms with van der Waals surface area (Å²) in [6, 6.07) is 10.7. The molecule has 0 aromatic heterocycles. The Bertz CT molecular complexity index is 264. The Morgan fingerprint density at radius 3 is 2.53 bits per heavy atom. The lowest BCUT2D eigenvalue weighted by Crippen LogP contribution is -2.30. The largest absolute Gasteiger partial charge is 0.392 e. The normalized spacial score (nSPS) is 14.9. The van der Waals surface area contributed by atoms with Gasteiger partial charge in [0.15, 0.2) is 0 Å². The summed E-state index contributed by atoms with van der Waals surface area (Å²) in [7, 11) is 0. The van der Waals surface area contributed by atoms with Crippen molar-refractivity contribution in [2.75, 3.05) is 18.6 Å². The maximum Gasteiger partial charge on any atom is 0.0636 e. The number of nitrogens with one attached hydrogen (secondary N) is 1. The lowest BCUT2D eigenvalue weighted by molar-refractivity contribution is 0.187. The van der Waals surface area contributed by atoms with Gasteiger partial charge >= 0.3 is 0 Å². The van der Waals surface area contributed by atoms with Crippen LogP contribution in [0.25, 0.3) is 0 Å². The van der Waals surface area contributed by atoms with Crippen LogP contribution in [0.3, 0.4) is 0 Å². The molecule has 2 atom stereocenters. The van der Waals surface area contributed by atoms with E-state index in [1.807, 2.05) is 30.0 Å². The SMILES string of the molecule is CSCC(NC[C@H](C)O)c1ccccc1. The Balaban J connectivity index is 2.57. The molecule has 0 radical (unpaired) electrons. The molecule has 3 heteroatoms.